The molecule has 2 saturated heterocycles. The zero-order valence-corrected chi connectivity index (χ0v) is 12.3. The van der Waals surface area contributed by atoms with E-state index in [1.165, 1.54) is 0 Å². The maximum Gasteiger partial charge on any atom is 0.307 e. The van der Waals surface area contributed by atoms with E-state index in [-0.39, 0.29) is 24.6 Å². The number of fused-ring (bicyclic) bond motifs is 1. The van der Waals surface area contributed by atoms with Crippen LogP contribution in [0.25, 0.3) is 0 Å². The van der Waals surface area contributed by atoms with E-state index in [9.17, 15) is 4.79 Å². The van der Waals surface area contributed by atoms with E-state index in [0.717, 1.165) is 0 Å². The smallest absolute Gasteiger partial charge is 0.307 e. The highest BCUT2D eigenvalue weighted by atomic mass is 16.8. The van der Waals surface area contributed by atoms with E-state index in [0.29, 0.717) is 6.61 Å². The number of hydrogen-bond donors (Lipinski definition) is 1. The lowest BCUT2D eigenvalue weighted by atomic mass is 10.0. The molecule has 2 rings (SSSR count). The molecule has 0 aromatic carbocycles. The first-order chi connectivity index (χ1) is 9.38. The van der Waals surface area contributed by atoms with E-state index in [2.05, 4.69) is 0 Å². The third-order valence-electron chi connectivity index (χ3n) is 3.43. The molecule has 2 fully saturated rings. The van der Waals surface area contributed by atoms with Gasteiger partial charge in [0.05, 0.1) is 13.0 Å². The van der Waals surface area contributed by atoms with Crippen LogP contribution < -0.4 is 5.73 Å². The first-order valence-electron chi connectivity index (χ1n) is 6.83. The van der Waals surface area contributed by atoms with Gasteiger partial charge in [-0.3, -0.25) is 4.79 Å². The summed E-state index contributed by atoms with van der Waals surface area (Å²) in [7, 11) is 1.56. The van der Waals surface area contributed by atoms with Crippen molar-refractivity contribution in [2.45, 2.75) is 63.6 Å². The summed E-state index contributed by atoms with van der Waals surface area (Å²) in [5.41, 5.74) is 6.03. The van der Waals surface area contributed by atoms with Crippen molar-refractivity contribution in [1.82, 2.24) is 0 Å². The van der Waals surface area contributed by atoms with Gasteiger partial charge in [-0.2, -0.15) is 0 Å². The minimum atomic E-state index is -0.706. The summed E-state index contributed by atoms with van der Waals surface area (Å²) in [6.07, 6.45) is -1.62. The second-order valence-electron chi connectivity index (χ2n) is 5.44. The Morgan fingerprint density at radius 2 is 2.10 bits per heavy atom. The van der Waals surface area contributed by atoms with Crippen molar-refractivity contribution >= 4 is 5.97 Å². The van der Waals surface area contributed by atoms with Gasteiger partial charge in [-0.1, -0.05) is 0 Å². The van der Waals surface area contributed by atoms with E-state index in [1.807, 2.05) is 13.8 Å². The number of carbonyl (C=O) groups is 1. The fourth-order valence-corrected chi connectivity index (χ4v) is 2.65. The Morgan fingerprint density at radius 3 is 2.70 bits per heavy atom. The zero-order chi connectivity index (χ0) is 14.9. The minimum absolute atomic E-state index is 0.0706. The van der Waals surface area contributed by atoms with Crippen LogP contribution in [-0.2, 0) is 28.5 Å². The van der Waals surface area contributed by atoms with Crippen LogP contribution in [0.2, 0.25) is 0 Å². The van der Waals surface area contributed by atoms with E-state index in [1.54, 1.807) is 14.0 Å². The monoisotopic (exact) mass is 289 g/mol. The van der Waals surface area contributed by atoms with Crippen LogP contribution in [0.4, 0.5) is 0 Å². The molecule has 116 valence electrons. The van der Waals surface area contributed by atoms with Crippen LogP contribution in [0.3, 0.4) is 0 Å². The maximum atomic E-state index is 11.5. The van der Waals surface area contributed by atoms with Crippen LogP contribution >= 0.6 is 0 Å². The molecule has 5 atom stereocenters. The molecule has 0 aliphatic carbocycles. The van der Waals surface area contributed by atoms with Crippen molar-refractivity contribution in [1.29, 1.82) is 0 Å². The SMILES string of the molecule is CCOC(=O)C[C@@H](N)[C@H]1O[C@@H]2OC(C)(C)O[C@@H]2[C@H]1OC. The molecule has 7 heteroatoms. The lowest BCUT2D eigenvalue weighted by molar-refractivity contribution is -0.219. The number of rotatable bonds is 5. The summed E-state index contributed by atoms with van der Waals surface area (Å²) < 4.78 is 27.5. The van der Waals surface area contributed by atoms with E-state index >= 15 is 0 Å². The average molecular weight is 289 g/mol. The highest BCUT2D eigenvalue weighted by Crippen LogP contribution is 2.39. The van der Waals surface area contributed by atoms with Gasteiger partial charge in [-0.05, 0) is 20.8 Å². The summed E-state index contributed by atoms with van der Waals surface area (Å²) in [5.74, 6) is -1.06. The second kappa shape index (κ2) is 5.95. The highest BCUT2D eigenvalue weighted by molar-refractivity contribution is 5.70. The van der Waals surface area contributed by atoms with Crippen molar-refractivity contribution in [3.63, 3.8) is 0 Å². The molecule has 2 N–H and O–H groups in total. The average Bonchev–Trinajstić information content (AvgIpc) is 2.80. The third-order valence-corrected chi connectivity index (χ3v) is 3.43. The lowest BCUT2D eigenvalue weighted by Gasteiger charge is -2.27. The molecule has 0 unspecified atom stereocenters. The van der Waals surface area contributed by atoms with Gasteiger partial charge in [0.25, 0.3) is 0 Å². The summed E-state index contributed by atoms with van der Waals surface area (Å²) in [6, 6.07) is -0.528. The van der Waals surface area contributed by atoms with Gasteiger partial charge >= 0.3 is 5.97 Å². The predicted molar refractivity (Wildman–Crippen MR) is 68.7 cm³/mol. The predicted octanol–water partition coefficient (Wildman–Crippen LogP) is 0.158. The number of carbonyl (C=O) groups excluding carboxylic acids is 1. The fraction of sp³-hybridized carbons (Fsp3) is 0.923. The molecular formula is C13H23NO6. The molecule has 0 spiro atoms. The van der Waals surface area contributed by atoms with Crippen LogP contribution in [-0.4, -0.2) is 56.1 Å². The van der Waals surface area contributed by atoms with Crippen molar-refractivity contribution in [3.05, 3.63) is 0 Å². The molecule has 0 aromatic heterocycles. The maximum absolute atomic E-state index is 11.5. The van der Waals surface area contributed by atoms with Gasteiger partial charge in [0.1, 0.15) is 18.3 Å². The summed E-state index contributed by atoms with van der Waals surface area (Å²) >= 11 is 0. The van der Waals surface area contributed by atoms with Crippen LogP contribution in [0.1, 0.15) is 27.2 Å². The number of hydrogen-bond acceptors (Lipinski definition) is 7. The Labute approximate surface area is 118 Å². The minimum Gasteiger partial charge on any atom is -0.466 e. The van der Waals surface area contributed by atoms with Gasteiger partial charge in [-0.25, -0.2) is 0 Å². The standard InChI is InChI=1S/C13H23NO6/c1-5-17-8(15)6-7(14)9-10(16-4)11-12(18-9)20-13(2,3)19-11/h7,9-12H,5-6,14H2,1-4H3/t7-,9-,10+,11-,12-/m1/s1. The quantitative estimate of drug-likeness (QED) is 0.721. The molecule has 2 aliphatic rings. The summed E-state index contributed by atoms with van der Waals surface area (Å²) in [5, 5.41) is 0. The molecule has 2 heterocycles. The van der Waals surface area contributed by atoms with E-state index < -0.39 is 24.2 Å². The molecule has 0 saturated carbocycles. The van der Waals surface area contributed by atoms with Crippen LogP contribution in [0, 0.1) is 0 Å². The van der Waals surface area contributed by atoms with Gasteiger partial charge in [0, 0.05) is 13.2 Å². The number of methoxy groups -OCH3 is 1. The fourth-order valence-electron chi connectivity index (χ4n) is 2.65. The van der Waals surface area contributed by atoms with Crippen molar-refractivity contribution < 1.29 is 28.5 Å². The molecule has 0 radical (unpaired) electrons. The lowest BCUT2D eigenvalue weighted by Crippen LogP contribution is -2.47. The number of ether oxygens (including phenoxy) is 5. The first-order valence-corrected chi connectivity index (χ1v) is 6.83. The van der Waals surface area contributed by atoms with Crippen molar-refractivity contribution in [2.75, 3.05) is 13.7 Å². The van der Waals surface area contributed by atoms with Crippen LogP contribution in [0.15, 0.2) is 0 Å². The Bertz CT molecular complexity index is 361. The normalized spacial score (nSPS) is 36.6. The topological polar surface area (TPSA) is 89.2 Å². The Morgan fingerprint density at radius 1 is 1.40 bits per heavy atom. The largest absolute Gasteiger partial charge is 0.466 e. The van der Waals surface area contributed by atoms with Gasteiger partial charge in [0.2, 0.25) is 0 Å². The Kier molecular flexibility index (Phi) is 4.66. The molecule has 0 bridgehead atoms. The second-order valence-corrected chi connectivity index (χ2v) is 5.44. The molecule has 2 aliphatic heterocycles. The third kappa shape index (κ3) is 3.12. The zero-order valence-electron chi connectivity index (χ0n) is 12.3. The Balaban J connectivity index is 1.98. The van der Waals surface area contributed by atoms with Gasteiger partial charge in [-0.15, -0.1) is 0 Å². The van der Waals surface area contributed by atoms with Gasteiger partial charge in [0.15, 0.2) is 12.1 Å². The number of esters is 1. The van der Waals surface area contributed by atoms with Gasteiger partial charge < -0.3 is 29.4 Å². The molecule has 0 amide bonds. The molecule has 0 aromatic rings. The Hall–Kier alpha value is -0.730. The molecule has 20 heavy (non-hydrogen) atoms. The highest BCUT2D eigenvalue weighted by Gasteiger charge is 2.56. The van der Waals surface area contributed by atoms with E-state index in [4.69, 9.17) is 29.4 Å². The number of nitrogens with two attached hydrogens (primary N) is 1. The molecular weight excluding hydrogens is 266 g/mol. The van der Waals surface area contributed by atoms with Crippen molar-refractivity contribution in [3.8, 4) is 0 Å². The van der Waals surface area contributed by atoms with Crippen molar-refractivity contribution in [2.24, 2.45) is 5.73 Å². The van der Waals surface area contributed by atoms with Crippen LogP contribution in [0.5, 0.6) is 0 Å². The summed E-state index contributed by atoms with van der Waals surface area (Å²) in [4.78, 5) is 11.5. The first kappa shape index (κ1) is 15.7. The molecule has 7 nitrogen and oxygen atoms in total. The summed E-state index contributed by atoms with van der Waals surface area (Å²) in [6.45, 7) is 5.71.